The quantitative estimate of drug-likeness (QED) is 0.578. The SMILES string of the molecule is CNCC(O)C(O)c1ccc(C)cc1O. The summed E-state index contributed by atoms with van der Waals surface area (Å²) in [4.78, 5) is 0. The molecule has 0 aliphatic heterocycles. The van der Waals surface area contributed by atoms with Gasteiger partial charge in [0.1, 0.15) is 11.9 Å². The van der Waals surface area contributed by atoms with E-state index < -0.39 is 12.2 Å². The zero-order valence-electron chi connectivity index (χ0n) is 8.94. The van der Waals surface area contributed by atoms with E-state index in [1.54, 1.807) is 25.2 Å². The third-order valence-electron chi connectivity index (χ3n) is 2.28. The lowest BCUT2D eigenvalue weighted by Crippen LogP contribution is -2.29. The number of benzene rings is 1. The Morgan fingerprint density at radius 1 is 1.33 bits per heavy atom. The maximum absolute atomic E-state index is 9.74. The highest BCUT2D eigenvalue weighted by Gasteiger charge is 2.20. The maximum atomic E-state index is 9.74. The van der Waals surface area contributed by atoms with Crippen LogP contribution in [0.1, 0.15) is 17.2 Å². The Morgan fingerprint density at radius 3 is 2.53 bits per heavy atom. The monoisotopic (exact) mass is 211 g/mol. The number of hydrogen-bond donors (Lipinski definition) is 4. The van der Waals surface area contributed by atoms with Crippen molar-refractivity contribution >= 4 is 0 Å². The first-order chi connectivity index (χ1) is 7.06. The van der Waals surface area contributed by atoms with Crippen LogP contribution in [0.15, 0.2) is 18.2 Å². The fraction of sp³-hybridized carbons (Fsp3) is 0.455. The molecule has 0 bridgehead atoms. The minimum atomic E-state index is -1.07. The van der Waals surface area contributed by atoms with Gasteiger partial charge in [-0.05, 0) is 25.6 Å². The molecule has 0 spiro atoms. The molecule has 2 atom stereocenters. The van der Waals surface area contributed by atoms with Crippen LogP contribution in [0.5, 0.6) is 5.75 Å². The summed E-state index contributed by atoms with van der Waals surface area (Å²) in [6.45, 7) is 2.12. The first kappa shape index (κ1) is 12.0. The normalized spacial score (nSPS) is 14.9. The number of rotatable bonds is 4. The Morgan fingerprint density at radius 2 is 2.00 bits per heavy atom. The molecule has 2 unspecified atom stereocenters. The second-order valence-corrected chi connectivity index (χ2v) is 3.63. The summed E-state index contributed by atoms with van der Waals surface area (Å²) in [5.74, 6) is 0.0117. The molecule has 15 heavy (non-hydrogen) atoms. The van der Waals surface area contributed by atoms with Crippen LogP contribution in [0.25, 0.3) is 0 Å². The Labute approximate surface area is 89.2 Å². The fourth-order valence-corrected chi connectivity index (χ4v) is 1.43. The molecule has 0 fully saturated rings. The number of phenols is 1. The van der Waals surface area contributed by atoms with Crippen LogP contribution in [0.3, 0.4) is 0 Å². The number of aromatic hydroxyl groups is 1. The minimum Gasteiger partial charge on any atom is -0.508 e. The van der Waals surface area contributed by atoms with Crippen LogP contribution in [0.2, 0.25) is 0 Å². The number of aliphatic hydroxyl groups excluding tert-OH is 2. The molecule has 0 aliphatic rings. The van der Waals surface area contributed by atoms with Crippen molar-refractivity contribution in [2.75, 3.05) is 13.6 Å². The summed E-state index contributed by atoms with van der Waals surface area (Å²) in [5, 5.41) is 31.6. The number of phenolic OH excluding ortho intramolecular Hbond substituents is 1. The topological polar surface area (TPSA) is 72.7 Å². The second kappa shape index (κ2) is 5.11. The van der Waals surface area contributed by atoms with Crippen LogP contribution in [-0.2, 0) is 0 Å². The summed E-state index contributed by atoms with van der Waals surface area (Å²) in [7, 11) is 1.69. The summed E-state index contributed by atoms with van der Waals surface area (Å²) in [5.41, 5.74) is 1.26. The Bertz CT molecular complexity index is 328. The molecular weight excluding hydrogens is 194 g/mol. The molecule has 0 saturated carbocycles. The molecule has 0 amide bonds. The van der Waals surface area contributed by atoms with E-state index in [2.05, 4.69) is 5.32 Å². The van der Waals surface area contributed by atoms with Gasteiger partial charge in [0, 0.05) is 12.1 Å². The van der Waals surface area contributed by atoms with Crippen molar-refractivity contribution in [1.29, 1.82) is 0 Å². The molecule has 4 heteroatoms. The van der Waals surface area contributed by atoms with Crippen LogP contribution in [-0.4, -0.2) is 35.0 Å². The maximum Gasteiger partial charge on any atom is 0.121 e. The smallest absolute Gasteiger partial charge is 0.121 e. The number of hydrogen-bond acceptors (Lipinski definition) is 4. The standard InChI is InChI=1S/C11H17NO3/c1-7-3-4-8(9(13)5-7)11(15)10(14)6-12-2/h3-5,10-15H,6H2,1-2H3. The molecule has 0 radical (unpaired) electrons. The highest BCUT2D eigenvalue weighted by molar-refractivity contribution is 5.37. The molecule has 1 aromatic carbocycles. The van der Waals surface area contributed by atoms with Crippen molar-refractivity contribution in [3.63, 3.8) is 0 Å². The zero-order valence-corrected chi connectivity index (χ0v) is 8.94. The zero-order chi connectivity index (χ0) is 11.4. The predicted molar refractivity (Wildman–Crippen MR) is 57.7 cm³/mol. The first-order valence-corrected chi connectivity index (χ1v) is 4.86. The molecule has 0 aromatic heterocycles. The first-order valence-electron chi connectivity index (χ1n) is 4.86. The van der Waals surface area contributed by atoms with Crippen molar-refractivity contribution in [1.82, 2.24) is 5.32 Å². The molecule has 0 heterocycles. The number of nitrogens with one attached hydrogen (secondary N) is 1. The van der Waals surface area contributed by atoms with Crippen molar-refractivity contribution in [3.8, 4) is 5.75 Å². The van der Waals surface area contributed by atoms with E-state index in [9.17, 15) is 15.3 Å². The van der Waals surface area contributed by atoms with Gasteiger partial charge in [0.05, 0.1) is 6.10 Å². The lowest BCUT2D eigenvalue weighted by molar-refractivity contribution is 0.0189. The van der Waals surface area contributed by atoms with E-state index in [-0.39, 0.29) is 12.3 Å². The fourth-order valence-electron chi connectivity index (χ4n) is 1.43. The van der Waals surface area contributed by atoms with E-state index in [0.717, 1.165) is 5.56 Å². The summed E-state index contributed by atoms with van der Waals surface area (Å²) in [6.07, 6.45) is -2.00. The second-order valence-electron chi connectivity index (χ2n) is 3.63. The van der Waals surface area contributed by atoms with Gasteiger partial charge < -0.3 is 20.6 Å². The van der Waals surface area contributed by atoms with Crippen molar-refractivity contribution in [2.24, 2.45) is 0 Å². The van der Waals surface area contributed by atoms with Gasteiger partial charge in [-0.15, -0.1) is 0 Å². The summed E-state index contributed by atoms with van der Waals surface area (Å²) < 4.78 is 0. The average Bonchev–Trinajstić information content (AvgIpc) is 2.17. The largest absolute Gasteiger partial charge is 0.508 e. The van der Waals surface area contributed by atoms with Gasteiger partial charge in [-0.1, -0.05) is 12.1 Å². The van der Waals surface area contributed by atoms with Gasteiger partial charge in [-0.2, -0.15) is 0 Å². The van der Waals surface area contributed by atoms with Crippen molar-refractivity contribution < 1.29 is 15.3 Å². The highest BCUT2D eigenvalue weighted by atomic mass is 16.3. The Kier molecular flexibility index (Phi) is 4.08. The van der Waals surface area contributed by atoms with Gasteiger partial charge in [0.2, 0.25) is 0 Å². The molecular formula is C11H17NO3. The van der Waals surface area contributed by atoms with Crippen LogP contribution in [0.4, 0.5) is 0 Å². The Balaban J connectivity index is 2.86. The minimum absolute atomic E-state index is 0.0117. The molecule has 4 N–H and O–H groups in total. The summed E-state index contributed by atoms with van der Waals surface area (Å²) in [6, 6.07) is 4.96. The molecule has 4 nitrogen and oxygen atoms in total. The third-order valence-corrected chi connectivity index (χ3v) is 2.28. The molecule has 1 aromatic rings. The molecule has 0 aliphatic carbocycles. The van der Waals surface area contributed by atoms with Gasteiger partial charge in [0.15, 0.2) is 0 Å². The lowest BCUT2D eigenvalue weighted by Gasteiger charge is -2.18. The molecule has 84 valence electrons. The lowest BCUT2D eigenvalue weighted by atomic mass is 10.0. The van der Waals surface area contributed by atoms with E-state index in [4.69, 9.17) is 0 Å². The van der Waals surface area contributed by atoms with Crippen molar-refractivity contribution in [2.45, 2.75) is 19.1 Å². The Hall–Kier alpha value is -1.10. The van der Waals surface area contributed by atoms with E-state index in [1.807, 2.05) is 6.92 Å². The average molecular weight is 211 g/mol. The molecule has 1 rings (SSSR count). The van der Waals surface area contributed by atoms with Gasteiger partial charge in [0.25, 0.3) is 0 Å². The van der Waals surface area contributed by atoms with Crippen LogP contribution < -0.4 is 5.32 Å². The third kappa shape index (κ3) is 2.92. The highest BCUT2D eigenvalue weighted by Crippen LogP contribution is 2.27. The van der Waals surface area contributed by atoms with E-state index >= 15 is 0 Å². The van der Waals surface area contributed by atoms with E-state index in [1.165, 1.54) is 0 Å². The van der Waals surface area contributed by atoms with Gasteiger partial charge >= 0.3 is 0 Å². The number of aryl methyl sites for hydroxylation is 1. The van der Waals surface area contributed by atoms with Gasteiger partial charge in [-0.3, -0.25) is 0 Å². The van der Waals surface area contributed by atoms with E-state index in [0.29, 0.717) is 5.56 Å². The summed E-state index contributed by atoms with van der Waals surface area (Å²) >= 11 is 0. The number of likely N-dealkylation sites (N-methyl/N-ethyl adjacent to an activating group) is 1. The van der Waals surface area contributed by atoms with Gasteiger partial charge in [-0.25, -0.2) is 0 Å². The number of aliphatic hydroxyl groups is 2. The van der Waals surface area contributed by atoms with Crippen LogP contribution >= 0.6 is 0 Å². The van der Waals surface area contributed by atoms with Crippen molar-refractivity contribution in [3.05, 3.63) is 29.3 Å². The predicted octanol–water partition coefficient (Wildman–Crippen LogP) is 0.314. The molecule has 0 saturated heterocycles. The van der Waals surface area contributed by atoms with Crippen LogP contribution in [0, 0.1) is 6.92 Å².